The van der Waals surface area contributed by atoms with Crippen molar-refractivity contribution in [1.29, 1.82) is 0 Å². The molecule has 0 saturated carbocycles. The van der Waals surface area contributed by atoms with E-state index in [-0.39, 0.29) is 5.91 Å². The van der Waals surface area contributed by atoms with Gasteiger partial charge in [0.05, 0.1) is 11.8 Å². The lowest BCUT2D eigenvalue weighted by Gasteiger charge is -2.26. The Bertz CT molecular complexity index is 672. The highest BCUT2D eigenvalue weighted by atomic mass is 35.5. The number of hydrogen-bond acceptors (Lipinski definition) is 4. The zero-order valence-electron chi connectivity index (χ0n) is 14.1. The van der Waals surface area contributed by atoms with Crippen molar-refractivity contribution < 1.29 is 4.79 Å². The van der Waals surface area contributed by atoms with Crippen LogP contribution in [0.4, 0.5) is 0 Å². The number of rotatable bonds is 8. The van der Waals surface area contributed by atoms with E-state index in [4.69, 9.17) is 11.6 Å². The van der Waals surface area contributed by atoms with E-state index in [2.05, 4.69) is 27.7 Å². The van der Waals surface area contributed by atoms with E-state index in [1.54, 1.807) is 23.1 Å². The number of thiophene rings is 1. The van der Waals surface area contributed by atoms with Gasteiger partial charge in [-0.3, -0.25) is 9.69 Å². The number of nitrogens with one attached hydrogen (secondary N) is 1. The van der Waals surface area contributed by atoms with Gasteiger partial charge >= 0.3 is 0 Å². The van der Waals surface area contributed by atoms with Crippen LogP contribution < -0.4 is 5.32 Å². The van der Waals surface area contributed by atoms with E-state index in [1.807, 2.05) is 24.3 Å². The van der Waals surface area contributed by atoms with Crippen molar-refractivity contribution >= 4 is 40.6 Å². The first kappa shape index (κ1) is 18.8. The summed E-state index contributed by atoms with van der Waals surface area (Å²) in [5.41, 5.74) is 1.15. The summed E-state index contributed by atoms with van der Waals surface area (Å²) < 4.78 is 0. The third-order valence-corrected chi connectivity index (χ3v) is 6.55. The number of halogens is 1. The highest BCUT2D eigenvalue weighted by Crippen LogP contribution is 2.27. The van der Waals surface area contributed by atoms with Crippen molar-refractivity contribution in [3.63, 3.8) is 0 Å². The molecule has 1 aromatic carbocycles. The molecular formula is C19H23ClN2OS2. The van der Waals surface area contributed by atoms with Crippen molar-refractivity contribution in [2.45, 2.75) is 24.6 Å². The monoisotopic (exact) mass is 394 g/mol. The summed E-state index contributed by atoms with van der Waals surface area (Å²) in [6.07, 6.45) is 2.51. The van der Waals surface area contributed by atoms with Crippen molar-refractivity contribution in [3.05, 3.63) is 57.2 Å². The van der Waals surface area contributed by atoms with Crippen molar-refractivity contribution in [2.24, 2.45) is 0 Å². The molecule has 2 aromatic rings. The Kier molecular flexibility index (Phi) is 7.23. The Morgan fingerprint density at radius 1 is 1.28 bits per heavy atom. The number of benzene rings is 1. The third kappa shape index (κ3) is 5.74. The van der Waals surface area contributed by atoms with Crippen LogP contribution in [0.2, 0.25) is 5.02 Å². The molecule has 134 valence electrons. The molecule has 25 heavy (non-hydrogen) atoms. The maximum Gasteiger partial charge on any atom is 0.230 e. The highest BCUT2D eigenvalue weighted by Gasteiger charge is 2.24. The van der Waals surface area contributed by atoms with Crippen LogP contribution in [0.1, 0.15) is 29.3 Å². The molecule has 6 heteroatoms. The van der Waals surface area contributed by atoms with Crippen molar-refractivity contribution in [2.75, 3.05) is 25.4 Å². The van der Waals surface area contributed by atoms with Crippen molar-refractivity contribution in [3.8, 4) is 0 Å². The normalized spacial score (nSPS) is 16.0. The SMILES string of the molecule is O=C(CSCc1cccc(Cl)c1)NCC(c1cccs1)N1CCCC1. The summed E-state index contributed by atoms with van der Waals surface area (Å²) >= 11 is 9.39. The summed E-state index contributed by atoms with van der Waals surface area (Å²) in [6.45, 7) is 2.95. The second-order valence-electron chi connectivity index (χ2n) is 6.20. The van der Waals surface area contributed by atoms with Gasteiger partial charge in [0, 0.05) is 22.2 Å². The molecule has 1 atom stereocenters. The van der Waals surface area contributed by atoms with Crippen LogP contribution in [-0.2, 0) is 10.5 Å². The Morgan fingerprint density at radius 2 is 2.12 bits per heavy atom. The maximum absolute atomic E-state index is 12.2. The number of carbonyl (C=O) groups excluding carboxylic acids is 1. The predicted molar refractivity (Wildman–Crippen MR) is 108 cm³/mol. The van der Waals surface area contributed by atoms with E-state index >= 15 is 0 Å². The molecule has 1 fully saturated rings. The van der Waals surface area contributed by atoms with Gasteiger partial charge in [-0.05, 0) is 55.1 Å². The lowest BCUT2D eigenvalue weighted by molar-refractivity contribution is -0.118. The molecule has 3 nitrogen and oxygen atoms in total. The van der Waals surface area contributed by atoms with Gasteiger partial charge in [-0.2, -0.15) is 0 Å². The van der Waals surface area contributed by atoms with Gasteiger partial charge in [0.15, 0.2) is 0 Å². The number of likely N-dealkylation sites (tertiary alicyclic amines) is 1. The van der Waals surface area contributed by atoms with Crippen molar-refractivity contribution in [1.82, 2.24) is 10.2 Å². The summed E-state index contributed by atoms with van der Waals surface area (Å²) in [6, 6.07) is 12.4. The number of thioether (sulfide) groups is 1. The minimum Gasteiger partial charge on any atom is -0.353 e. The molecule has 1 aliphatic rings. The zero-order chi connectivity index (χ0) is 17.5. The molecule has 0 aliphatic carbocycles. The average molecular weight is 395 g/mol. The van der Waals surface area contributed by atoms with E-state index in [0.717, 1.165) is 29.4 Å². The van der Waals surface area contributed by atoms with Crippen LogP contribution in [0.15, 0.2) is 41.8 Å². The van der Waals surface area contributed by atoms with Gasteiger partial charge in [-0.1, -0.05) is 29.8 Å². The van der Waals surface area contributed by atoms with Crippen LogP contribution >= 0.6 is 34.7 Å². The minimum atomic E-state index is 0.104. The summed E-state index contributed by atoms with van der Waals surface area (Å²) in [5.74, 6) is 1.38. The molecule has 0 spiro atoms. The Labute approximate surface area is 162 Å². The zero-order valence-corrected chi connectivity index (χ0v) is 16.5. The fourth-order valence-electron chi connectivity index (χ4n) is 3.09. The Hall–Kier alpha value is -1.01. The van der Waals surface area contributed by atoms with Crippen LogP contribution in [-0.4, -0.2) is 36.2 Å². The highest BCUT2D eigenvalue weighted by molar-refractivity contribution is 7.99. The first-order chi connectivity index (χ1) is 12.2. The molecule has 1 aromatic heterocycles. The number of hydrogen-bond donors (Lipinski definition) is 1. The fourth-order valence-corrected chi connectivity index (χ4v) is 4.97. The summed E-state index contributed by atoms with van der Waals surface area (Å²) in [7, 11) is 0. The smallest absolute Gasteiger partial charge is 0.230 e. The second kappa shape index (κ2) is 9.62. The fraction of sp³-hybridized carbons (Fsp3) is 0.421. The van der Waals surface area contributed by atoms with E-state index in [1.165, 1.54) is 17.7 Å². The standard InChI is InChI=1S/C19H23ClN2OS2/c20-16-6-3-5-15(11-16)13-24-14-19(23)21-12-17(18-7-4-10-25-18)22-8-1-2-9-22/h3-7,10-11,17H,1-2,8-9,12-14H2,(H,21,23). The molecule has 1 aliphatic heterocycles. The number of amides is 1. The Balaban J connectivity index is 1.45. The molecule has 1 saturated heterocycles. The third-order valence-electron chi connectivity index (χ3n) is 4.34. The molecule has 1 N–H and O–H groups in total. The van der Waals surface area contributed by atoms with Gasteiger partial charge in [0.1, 0.15) is 0 Å². The van der Waals surface area contributed by atoms with Crippen LogP contribution in [0.3, 0.4) is 0 Å². The number of nitrogens with zero attached hydrogens (tertiary/aromatic N) is 1. The largest absolute Gasteiger partial charge is 0.353 e. The molecule has 2 heterocycles. The minimum absolute atomic E-state index is 0.104. The first-order valence-electron chi connectivity index (χ1n) is 8.59. The van der Waals surface area contributed by atoms with E-state index in [9.17, 15) is 4.79 Å². The first-order valence-corrected chi connectivity index (χ1v) is 11.0. The van der Waals surface area contributed by atoms with Crippen LogP contribution in [0.25, 0.3) is 0 Å². The van der Waals surface area contributed by atoms with E-state index < -0.39 is 0 Å². The van der Waals surface area contributed by atoms with Crippen LogP contribution in [0, 0.1) is 0 Å². The molecule has 0 radical (unpaired) electrons. The molecular weight excluding hydrogens is 372 g/mol. The molecule has 1 amide bonds. The topological polar surface area (TPSA) is 32.3 Å². The van der Waals surface area contributed by atoms with Crippen LogP contribution in [0.5, 0.6) is 0 Å². The summed E-state index contributed by atoms with van der Waals surface area (Å²) in [5, 5.41) is 5.98. The lowest BCUT2D eigenvalue weighted by atomic mass is 10.2. The van der Waals surface area contributed by atoms with Gasteiger partial charge in [0.2, 0.25) is 5.91 Å². The second-order valence-corrected chi connectivity index (χ2v) is 8.60. The lowest BCUT2D eigenvalue weighted by Crippen LogP contribution is -2.37. The van der Waals surface area contributed by atoms with Gasteiger partial charge < -0.3 is 5.32 Å². The van der Waals surface area contributed by atoms with Gasteiger partial charge in [0.25, 0.3) is 0 Å². The van der Waals surface area contributed by atoms with Gasteiger partial charge in [-0.25, -0.2) is 0 Å². The van der Waals surface area contributed by atoms with E-state index in [0.29, 0.717) is 18.3 Å². The molecule has 3 rings (SSSR count). The summed E-state index contributed by atoms with van der Waals surface area (Å²) in [4.78, 5) is 16.0. The quantitative estimate of drug-likeness (QED) is 0.710. The Morgan fingerprint density at radius 3 is 2.84 bits per heavy atom. The van der Waals surface area contributed by atoms with Gasteiger partial charge in [-0.15, -0.1) is 23.1 Å². The average Bonchev–Trinajstić information content (AvgIpc) is 3.29. The molecule has 0 bridgehead atoms. The maximum atomic E-state index is 12.2. The number of carbonyl (C=O) groups is 1. The predicted octanol–water partition coefficient (Wildman–Crippen LogP) is 4.59. The molecule has 1 unspecified atom stereocenters.